The van der Waals surface area contributed by atoms with Gasteiger partial charge in [0.15, 0.2) is 11.4 Å². The minimum Gasteiger partial charge on any atom is -0.457 e. The van der Waals surface area contributed by atoms with E-state index in [0.717, 1.165) is 85.9 Å². The second-order valence-corrected chi connectivity index (χ2v) is 10.8. The van der Waals surface area contributed by atoms with Crippen LogP contribution in [0.4, 0.5) is 5.82 Å². The van der Waals surface area contributed by atoms with Gasteiger partial charge in [-0.2, -0.15) is 5.10 Å². The number of ketones is 1. The Morgan fingerprint density at radius 1 is 0.925 bits per heavy atom. The van der Waals surface area contributed by atoms with Gasteiger partial charge in [0, 0.05) is 38.3 Å². The monoisotopic (exact) mass is 540 g/mol. The number of rotatable bonds is 8. The molecule has 2 saturated heterocycles. The first-order valence-corrected chi connectivity index (χ1v) is 14.0. The fourth-order valence-corrected chi connectivity index (χ4v) is 5.69. The Labute approximate surface area is 234 Å². The highest BCUT2D eigenvalue weighted by Crippen LogP contribution is 2.34. The number of piperidine rings is 1. The summed E-state index contributed by atoms with van der Waals surface area (Å²) < 4.78 is 7.96. The van der Waals surface area contributed by atoms with Crippen LogP contribution >= 0.6 is 0 Å². The molecule has 0 spiro atoms. The second-order valence-electron chi connectivity index (χ2n) is 10.8. The van der Waals surface area contributed by atoms with E-state index in [2.05, 4.69) is 31.7 Å². The summed E-state index contributed by atoms with van der Waals surface area (Å²) in [6, 6.07) is 17.6. The average Bonchev–Trinajstić information content (AvgIpc) is 3.36. The number of piperazine rings is 1. The smallest absolute Gasteiger partial charge is 0.164 e. The highest BCUT2D eigenvalue weighted by Gasteiger charge is 2.28. The largest absolute Gasteiger partial charge is 0.457 e. The van der Waals surface area contributed by atoms with Gasteiger partial charge in [-0.15, -0.1) is 0 Å². The number of nitrogen functional groups attached to an aromatic ring is 1. The number of likely N-dealkylation sites (tertiary alicyclic amines) is 1. The molecule has 10 heteroatoms. The van der Waals surface area contributed by atoms with Gasteiger partial charge in [0.25, 0.3) is 0 Å². The fourth-order valence-electron chi connectivity index (χ4n) is 5.69. The highest BCUT2D eigenvalue weighted by molar-refractivity contribution is 5.98. The normalized spacial score (nSPS) is 19.2. The van der Waals surface area contributed by atoms with E-state index in [1.54, 1.807) is 0 Å². The van der Waals surface area contributed by atoms with Gasteiger partial charge in [0.2, 0.25) is 0 Å². The number of Topliss-reactive ketones (excluding diaryl/α,β-unsaturated/α-hetero) is 1. The number of benzene rings is 2. The molecule has 2 aliphatic heterocycles. The van der Waals surface area contributed by atoms with E-state index in [9.17, 15) is 4.79 Å². The molecule has 40 heavy (non-hydrogen) atoms. The molecule has 6 rings (SSSR count). The number of nitrogens with zero attached hydrogens (tertiary/aromatic N) is 7. The zero-order chi connectivity index (χ0) is 27.5. The van der Waals surface area contributed by atoms with E-state index in [4.69, 9.17) is 15.6 Å². The molecule has 208 valence electrons. The SMILES string of the molecule is CN1CCN(CC(=O)CN2CCC[C@@H](n3nc(-c4ccc(Oc5ccccc5)cc4)c4c(N)ncnc43)C2)CC1. The lowest BCUT2D eigenvalue weighted by atomic mass is 10.1. The van der Waals surface area contributed by atoms with Crippen LogP contribution in [0.15, 0.2) is 60.9 Å². The number of carbonyl (C=O) groups is 1. The average molecular weight is 541 g/mol. The summed E-state index contributed by atoms with van der Waals surface area (Å²) in [5, 5.41) is 5.79. The van der Waals surface area contributed by atoms with Crippen LogP contribution in [0, 0.1) is 0 Å². The van der Waals surface area contributed by atoms with Gasteiger partial charge >= 0.3 is 0 Å². The van der Waals surface area contributed by atoms with Gasteiger partial charge in [-0.1, -0.05) is 18.2 Å². The lowest BCUT2D eigenvalue weighted by Crippen LogP contribution is -2.48. The third kappa shape index (κ3) is 5.84. The van der Waals surface area contributed by atoms with E-state index in [0.29, 0.717) is 18.9 Å². The molecule has 2 N–H and O–H groups in total. The number of hydrogen-bond acceptors (Lipinski definition) is 9. The van der Waals surface area contributed by atoms with Gasteiger partial charge in [-0.05, 0) is 62.8 Å². The number of fused-ring (bicyclic) bond motifs is 1. The first-order chi connectivity index (χ1) is 19.5. The molecule has 2 aromatic carbocycles. The maximum atomic E-state index is 12.9. The van der Waals surface area contributed by atoms with Crippen molar-refractivity contribution in [2.75, 3.05) is 65.1 Å². The number of likely N-dealkylation sites (N-methyl/N-ethyl adjacent to an activating group) is 1. The Morgan fingerprint density at radius 3 is 2.42 bits per heavy atom. The zero-order valence-corrected chi connectivity index (χ0v) is 22.9. The summed E-state index contributed by atoms with van der Waals surface area (Å²) in [6.07, 6.45) is 3.46. The number of carbonyl (C=O) groups excluding carboxylic acids is 1. The van der Waals surface area contributed by atoms with Crippen molar-refractivity contribution in [2.45, 2.75) is 18.9 Å². The van der Waals surface area contributed by atoms with Crippen LogP contribution in [0.2, 0.25) is 0 Å². The molecule has 0 radical (unpaired) electrons. The van der Waals surface area contributed by atoms with Crippen LogP contribution in [-0.4, -0.2) is 99.6 Å². The molecule has 2 aromatic heterocycles. The van der Waals surface area contributed by atoms with Crippen LogP contribution < -0.4 is 10.5 Å². The van der Waals surface area contributed by atoms with Gasteiger partial charge in [-0.3, -0.25) is 14.6 Å². The topological polar surface area (TPSA) is 106 Å². The highest BCUT2D eigenvalue weighted by atomic mass is 16.5. The van der Waals surface area contributed by atoms with Crippen molar-refractivity contribution < 1.29 is 9.53 Å². The van der Waals surface area contributed by atoms with Crippen molar-refractivity contribution in [2.24, 2.45) is 0 Å². The zero-order valence-electron chi connectivity index (χ0n) is 22.9. The van der Waals surface area contributed by atoms with E-state index < -0.39 is 0 Å². The second kappa shape index (κ2) is 11.7. The summed E-state index contributed by atoms with van der Waals surface area (Å²) in [5.74, 6) is 2.21. The van der Waals surface area contributed by atoms with Crippen molar-refractivity contribution in [1.82, 2.24) is 34.4 Å². The lowest BCUT2D eigenvalue weighted by molar-refractivity contribution is -0.122. The minimum atomic E-state index is 0.0939. The number of anilines is 1. The van der Waals surface area contributed by atoms with Crippen molar-refractivity contribution in [3.05, 3.63) is 60.9 Å². The molecule has 4 aromatic rings. The predicted molar refractivity (Wildman–Crippen MR) is 155 cm³/mol. The Balaban J connectivity index is 1.19. The van der Waals surface area contributed by atoms with Crippen molar-refractivity contribution in [3.63, 3.8) is 0 Å². The summed E-state index contributed by atoms with van der Waals surface area (Å²) in [5.41, 5.74) is 8.76. The Morgan fingerprint density at radius 2 is 1.65 bits per heavy atom. The van der Waals surface area contributed by atoms with Gasteiger partial charge in [0.05, 0.1) is 24.5 Å². The molecule has 4 heterocycles. The molecular formula is C30H36N8O2. The summed E-state index contributed by atoms with van der Waals surface area (Å²) >= 11 is 0. The Hall–Kier alpha value is -3.86. The van der Waals surface area contributed by atoms with E-state index in [-0.39, 0.29) is 11.8 Å². The maximum absolute atomic E-state index is 12.9. The number of nitrogens with two attached hydrogens (primary N) is 1. The maximum Gasteiger partial charge on any atom is 0.164 e. The standard InChI is InChI=1S/C30H36N8O2/c1-35-14-16-36(17-15-35)19-24(39)20-37-13-5-6-23(18-37)38-30-27(29(31)32-21-33-30)28(34-38)22-9-11-26(12-10-22)40-25-7-3-2-4-8-25/h2-4,7-12,21,23H,5-6,13-20H2,1H3,(H2,31,32,33)/t23-/m1/s1. The van der Waals surface area contributed by atoms with Gasteiger partial charge in [-0.25, -0.2) is 14.6 Å². The molecule has 2 fully saturated rings. The minimum absolute atomic E-state index is 0.0939. The predicted octanol–water partition coefficient (Wildman–Crippen LogP) is 3.32. The van der Waals surface area contributed by atoms with Crippen LogP contribution in [-0.2, 0) is 4.79 Å². The summed E-state index contributed by atoms with van der Waals surface area (Å²) in [4.78, 5) is 28.6. The third-order valence-electron chi connectivity index (χ3n) is 7.85. The summed E-state index contributed by atoms with van der Waals surface area (Å²) in [6.45, 7) is 6.59. The van der Waals surface area contributed by atoms with Gasteiger partial charge in [0.1, 0.15) is 29.3 Å². The van der Waals surface area contributed by atoms with Crippen LogP contribution in [0.3, 0.4) is 0 Å². The van der Waals surface area contributed by atoms with Crippen LogP contribution in [0.1, 0.15) is 18.9 Å². The Kier molecular flexibility index (Phi) is 7.72. The van der Waals surface area contributed by atoms with Crippen molar-refractivity contribution in [3.8, 4) is 22.8 Å². The molecule has 2 aliphatic rings. The molecule has 0 aliphatic carbocycles. The molecule has 0 amide bonds. The molecule has 10 nitrogen and oxygen atoms in total. The van der Waals surface area contributed by atoms with Crippen LogP contribution in [0.25, 0.3) is 22.3 Å². The van der Waals surface area contributed by atoms with Crippen molar-refractivity contribution in [1.29, 1.82) is 0 Å². The molecule has 1 atom stereocenters. The number of hydrogen-bond donors (Lipinski definition) is 1. The molecular weight excluding hydrogens is 504 g/mol. The number of aromatic nitrogens is 4. The molecule has 0 bridgehead atoms. The summed E-state index contributed by atoms with van der Waals surface area (Å²) in [7, 11) is 2.13. The third-order valence-corrected chi connectivity index (χ3v) is 7.85. The first kappa shape index (κ1) is 26.4. The van der Waals surface area contributed by atoms with Gasteiger partial charge < -0.3 is 15.4 Å². The lowest BCUT2D eigenvalue weighted by Gasteiger charge is -2.34. The number of ether oxygens (including phenoxy) is 1. The Bertz CT molecular complexity index is 1450. The van der Waals surface area contributed by atoms with E-state index in [1.807, 2.05) is 59.3 Å². The number of para-hydroxylation sites is 1. The van der Waals surface area contributed by atoms with Crippen molar-refractivity contribution >= 4 is 22.6 Å². The van der Waals surface area contributed by atoms with E-state index >= 15 is 0 Å². The first-order valence-electron chi connectivity index (χ1n) is 14.0. The molecule has 0 unspecified atom stereocenters. The van der Waals surface area contributed by atoms with E-state index in [1.165, 1.54) is 6.33 Å². The molecule has 0 saturated carbocycles. The fraction of sp³-hybridized carbons (Fsp3) is 0.400. The quantitative estimate of drug-likeness (QED) is 0.360. The van der Waals surface area contributed by atoms with Crippen LogP contribution in [0.5, 0.6) is 11.5 Å².